The zero-order chi connectivity index (χ0) is 12.7. The highest BCUT2D eigenvalue weighted by Crippen LogP contribution is 2.14. The lowest BCUT2D eigenvalue weighted by molar-refractivity contribution is 0.0763. The fourth-order valence-electron chi connectivity index (χ4n) is 1.70. The molecule has 0 aliphatic heterocycles. The first-order valence-corrected chi connectivity index (χ1v) is 6.16. The van der Waals surface area contributed by atoms with Crippen LogP contribution < -0.4 is 5.32 Å². The van der Waals surface area contributed by atoms with E-state index in [4.69, 9.17) is 0 Å². The van der Waals surface area contributed by atoms with Crippen molar-refractivity contribution in [3.8, 4) is 0 Å². The van der Waals surface area contributed by atoms with E-state index >= 15 is 0 Å². The molecule has 0 radical (unpaired) electrons. The third kappa shape index (κ3) is 3.44. The van der Waals surface area contributed by atoms with Gasteiger partial charge < -0.3 is 10.2 Å². The maximum absolute atomic E-state index is 12.3. The van der Waals surface area contributed by atoms with Crippen LogP contribution in [0.4, 0.5) is 5.82 Å². The van der Waals surface area contributed by atoms with Crippen molar-refractivity contribution in [3.05, 3.63) is 23.9 Å². The first kappa shape index (κ1) is 13.5. The number of hydrogen-bond acceptors (Lipinski definition) is 3. The molecule has 0 bridgehead atoms. The van der Waals surface area contributed by atoms with Crippen molar-refractivity contribution < 1.29 is 4.79 Å². The topological polar surface area (TPSA) is 45.2 Å². The Morgan fingerprint density at radius 1 is 1.47 bits per heavy atom. The summed E-state index contributed by atoms with van der Waals surface area (Å²) in [7, 11) is 1.78. The van der Waals surface area contributed by atoms with Crippen LogP contribution in [0.5, 0.6) is 0 Å². The molecule has 1 amide bonds. The second kappa shape index (κ2) is 6.89. The minimum Gasteiger partial charge on any atom is -0.372 e. The summed E-state index contributed by atoms with van der Waals surface area (Å²) < 4.78 is 0. The van der Waals surface area contributed by atoms with E-state index in [-0.39, 0.29) is 5.91 Å². The number of amides is 1. The number of hydrogen-bond donors (Lipinski definition) is 1. The first-order valence-electron chi connectivity index (χ1n) is 6.16. The summed E-state index contributed by atoms with van der Waals surface area (Å²) in [5, 5.41) is 2.95. The van der Waals surface area contributed by atoms with Gasteiger partial charge in [0.05, 0.1) is 5.56 Å². The van der Waals surface area contributed by atoms with Crippen LogP contribution in [0, 0.1) is 0 Å². The van der Waals surface area contributed by atoms with E-state index in [0.717, 1.165) is 25.9 Å². The molecular formula is C13H21N3O. The highest BCUT2D eigenvalue weighted by molar-refractivity contribution is 5.98. The van der Waals surface area contributed by atoms with Crippen molar-refractivity contribution in [2.45, 2.75) is 26.7 Å². The quantitative estimate of drug-likeness (QED) is 0.823. The van der Waals surface area contributed by atoms with Gasteiger partial charge in [-0.15, -0.1) is 0 Å². The number of aromatic nitrogens is 1. The van der Waals surface area contributed by atoms with Gasteiger partial charge in [0.2, 0.25) is 0 Å². The zero-order valence-electron chi connectivity index (χ0n) is 10.9. The predicted molar refractivity (Wildman–Crippen MR) is 70.3 cm³/mol. The van der Waals surface area contributed by atoms with Gasteiger partial charge in [0.1, 0.15) is 5.82 Å². The van der Waals surface area contributed by atoms with Crippen LogP contribution in [-0.4, -0.2) is 35.9 Å². The molecule has 1 rings (SSSR count). The van der Waals surface area contributed by atoms with Crippen molar-refractivity contribution in [3.63, 3.8) is 0 Å². The molecule has 1 N–H and O–H groups in total. The lowest BCUT2D eigenvalue weighted by Gasteiger charge is -2.21. The Morgan fingerprint density at radius 2 is 2.24 bits per heavy atom. The van der Waals surface area contributed by atoms with Crippen LogP contribution in [0.15, 0.2) is 18.3 Å². The lowest BCUT2D eigenvalue weighted by Crippen LogP contribution is -2.32. The van der Waals surface area contributed by atoms with Crippen LogP contribution >= 0.6 is 0 Å². The second-order valence-corrected chi connectivity index (χ2v) is 3.89. The highest BCUT2D eigenvalue weighted by atomic mass is 16.2. The molecule has 0 aliphatic carbocycles. The maximum Gasteiger partial charge on any atom is 0.257 e. The molecule has 0 aromatic carbocycles. The van der Waals surface area contributed by atoms with E-state index in [1.807, 2.05) is 17.9 Å². The number of nitrogens with one attached hydrogen (secondary N) is 1. The van der Waals surface area contributed by atoms with Gasteiger partial charge in [0.15, 0.2) is 0 Å². The minimum absolute atomic E-state index is 0.0541. The molecule has 0 spiro atoms. The molecule has 17 heavy (non-hydrogen) atoms. The Morgan fingerprint density at radius 3 is 2.82 bits per heavy atom. The normalized spacial score (nSPS) is 10.1. The number of unbranched alkanes of at least 4 members (excludes halogenated alkanes) is 1. The summed E-state index contributed by atoms with van der Waals surface area (Å²) in [6.45, 7) is 5.67. The molecule has 0 saturated heterocycles. The molecule has 0 unspecified atom stereocenters. The van der Waals surface area contributed by atoms with Crippen molar-refractivity contribution in [1.29, 1.82) is 0 Å². The minimum atomic E-state index is 0.0541. The summed E-state index contributed by atoms with van der Waals surface area (Å²) in [5.41, 5.74) is 0.646. The Kier molecular flexibility index (Phi) is 5.46. The molecule has 1 aromatic rings. The highest BCUT2D eigenvalue weighted by Gasteiger charge is 2.17. The van der Waals surface area contributed by atoms with Crippen LogP contribution in [0.1, 0.15) is 37.0 Å². The first-order chi connectivity index (χ1) is 8.24. The Balaban J connectivity index is 2.85. The number of pyridine rings is 1. The van der Waals surface area contributed by atoms with E-state index in [2.05, 4.69) is 17.2 Å². The van der Waals surface area contributed by atoms with Crippen molar-refractivity contribution in [2.75, 3.05) is 25.5 Å². The average molecular weight is 235 g/mol. The molecular weight excluding hydrogens is 214 g/mol. The predicted octanol–water partition coefficient (Wildman–Crippen LogP) is 2.39. The van der Waals surface area contributed by atoms with E-state index in [1.165, 1.54) is 0 Å². The Labute approximate surface area is 103 Å². The van der Waals surface area contributed by atoms with Gasteiger partial charge in [-0.3, -0.25) is 4.79 Å². The smallest absolute Gasteiger partial charge is 0.257 e. The summed E-state index contributed by atoms with van der Waals surface area (Å²) in [5.74, 6) is 0.700. The van der Waals surface area contributed by atoms with Gasteiger partial charge in [-0.05, 0) is 25.5 Å². The molecule has 94 valence electrons. The van der Waals surface area contributed by atoms with Crippen molar-refractivity contribution in [2.24, 2.45) is 0 Å². The van der Waals surface area contributed by atoms with Crippen molar-refractivity contribution in [1.82, 2.24) is 9.88 Å². The second-order valence-electron chi connectivity index (χ2n) is 3.89. The molecule has 1 aromatic heterocycles. The lowest BCUT2D eigenvalue weighted by atomic mass is 10.2. The van der Waals surface area contributed by atoms with Crippen LogP contribution in [-0.2, 0) is 0 Å². The largest absolute Gasteiger partial charge is 0.372 e. The van der Waals surface area contributed by atoms with E-state index in [1.54, 1.807) is 19.3 Å². The molecule has 0 atom stereocenters. The van der Waals surface area contributed by atoms with E-state index < -0.39 is 0 Å². The van der Waals surface area contributed by atoms with Crippen molar-refractivity contribution >= 4 is 11.7 Å². The van der Waals surface area contributed by atoms with Gasteiger partial charge >= 0.3 is 0 Å². The fourth-order valence-corrected chi connectivity index (χ4v) is 1.70. The third-order valence-electron chi connectivity index (χ3n) is 2.73. The van der Waals surface area contributed by atoms with Crippen LogP contribution in [0.3, 0.4) is 0 Å². The molecule has 4 heteroatoms. The van der Waals surface area contributed by atoms with E-state index in [9.17, 15) is 4.79 Å². The van der Waals surface area contributed by atoms with Gasteiger partial charge in [0.25, 0.3) is 5.91 Å². The average Bonchev–Trinajstić information content (AvgIpc) is 2.39. The third-order valence-corrected chi connectivity index (χ3v) is 2.73. The number of nitrogens with zero attached hydrogens (tertiary/aromatic N) is 2. The Bertz CT molecular complexity index is 365. The molecule has 0 aliphatic rings. The van der Waals surface area contributed by atoms with Crippen LogP contribution in [0.2, 0.25) is 0 Å². The fraction of sp³-hybridized carbons (Fsp3) is 0.538. The Hall–Kier alpha value is -1.58. The molecule has 1 heterocycles. The summed E-state index contributed by atoms with van der Waals surface area (Å²) in [4.78, 5) is 18.3. The summed E-state index contributed by atoms with van der Waals surface area (Å²) in [6, 6.07) is 3.61. The SMILES string of the molecule is CCCCN(CC)C(=O)c1cccnc1NC. The number of carbonyl (C=O) groups excluding carboxylic acids is 1. The number of rotatable bonds is 6. The van der Waals surface area contributed by atoms with Gasteiger partial charge in [-0.25, -0.2) is 4.98 Å². The summed E-state index contributed by atoms with van der Waals surface area (Å²) >= 11 is 0. The zero-order valence-corrected chi connectivity index (χ0v) is 10.9. The van der Waals surface area contributed by atoms with Gasteiger partial charge in [0, 0.05) is 26.3 Å². The van der Waals surface area contributed by atoms with Gasteiger partial charge in [-0.1, -0.05) is 13.3 Å². The van der Waals surface area contributed by atoms with E-state index in [0.29, 0.717) is 11.4 Å². The number of anilines is 1. The molecule has 4 nitrogen and oxygen atoms in total. The molecule has 0 fully saturated rings. The monoisotopic (exact) mass is 235 g/mol. The maximum atomic E-state index is 12.3. The standard InChI is InChI=1S/C13H21N3O/c1-4-6-10-16(5-2)13(17)11-8-7-9-15-12(11)14-3/h7-9H,4-6,10H2,1-3H3,(H,14,15). The molecule has 0 saturated carbocycles. The van der Waals surface area contributed by atoms with Gasteiger partial charge in [-0.2, -0.15) is 0 Å². The summed E-state index contributed by atoms with van der Waals surface area (Å²) in [6.07, 6.45) is 3.81. The number of carbonyl (C=O) groups is 1. The van der Waals surface area contributed by atoms with Crippen LogP contribution in [0.25, 0.3) is 0 Å².